The van der Waals surface area contributed by atoms with E-state index in [1.165, 1.54) is 7.11 Å². The second-order valence-electron chi connectivity index (χ2n) is 7.16. The van der Waals surface area contributed by atoms with Crippen LogP contribution < -0.4 is 4.74 Å². The zero-order valence-electron chi connectivity index (χ0n) is 18.1. The Morgan fingerprint density at radius 2 is 1.84 bits per heavy atom. The highest BCUT2D eigenvalue weighted by Crippen LogP contribution is 2.32. The summed E-state index contributed by atoms with van der Waals surface area (Å²) < 4.78 is 15.9. The largest absolute Gasteiger partial charge is 0.489 e. The van der Waals surface area contributed by atoms with E-state index in [4.69, 9.17) is 14.2 Å². The van der Waals surface area contributed by atoms with Gasteiger partial charge in [0.2, 0.25) is 0 Å². The van der Waals surface area contributed by atoms with E-state index in [0.717, 1.165) is 11.1 Å². The minimum atomic E-state index is -0.525. The summed E-state index contributed by atoms with van der Waals surface area (Å²) in [4.78, 5) is 27.1. The summed E-state index contributed by atoms with van der Waals surface area (Å²) in [5, 5.41) is 0. The van der Waals surface area contributed by atoms with Gasteiger partial charge in [-0.15, -0.1) is 0 Å². The van der Waals surface area contributed by atoms with Gasteiger partial charge in [-0.1, -0.05) is 42.5 Å². The number of carbonyl (C=O) groups excluding carboxylic acids is 2. The molecule has 1 amide bonds. The summed E-state index contributed by atoms with van der Waals surface area (Å²) in [5.74, 6) is -0.0617. The molecule has 0 saturated heterocycles. The second-order valence-corrected chi connectivity index (χ2v) is 7.16. The van der Waals surface area contributed by atoms with Crippen LogP contribution in [0.15, 0.2) is 71.4 Å². The number of esters is 1. The van der Waals surface area contributed by atoms with Crippen molar-refractivity contribution in [2.45, 2.75) is 20.0 Å². The normalized spacial score (nSPS) is 15.0. The van der Waals surface area contributed by atoms with Crippen molar-refractivity contribution in [3.05, 3.63) is 82.6 Å². The Morgan fingerprint density at radius 3 is 2.55 bits per heavy atom. The highest BCUT2D eigenvalue weighted by molar-refractivity contribution is 6.16. The number of hydrogen-bond donors (Lipinski definition) is 0. The second kappa shape index (κ2) is 10.6. The lowest BCUT2D eigenvalue weighted by Crippen LogP contribution is -2.26. The van der Waals surface area contributed by atoms with E-state index in [-0.39, 0.29) is 5.91 Å². The maximum atomic E-state index is 13.1. The molecular weight excluding hydrogens is 394 g/mol. The van der Waals surface area contributed by atoms with Gasteiger partial charge in [0.1, 0.15) is 12.4 Å². The molecule has 0 spiro atoms. The molecule has 31 heavy (non-hydrogen) atoms. The zero-order chi connectivity index (χ0) is 22.2. The Labute approximate surface area is 182 Å². The van der Waals surface area contributed by atoms with Crippen molar-refractivity contribution >= 4 is 18.0 Å². The summed E-state index contributed by atoms with van der Waals surface area (Å²) in [7, 11) is 2.93. The molecule has 6 nitrogen and oxygen atoms in total. The van der Waals surface area contributed by atoms with E-state index >= 15 is 0 Å². The number of nitrogens with zero attached hydrogens (tertiary/aromatic N) is 1. The Bertz CT molecular complexity index is 994. The monoisotopic (exact) mass is 421 g/mol. The molecule has 0 atom stereocenters. The van der Waals surface area contributed by atoms with E-state index < -0.39 is 5.97 Å². The average Bonchev–Trinajstić information content (AvgIpc) is 3.02. The van der Waals surface area contributed by atoms with Crippen LogP contribution in [0.3, 0.4) is 0 Å². The van der Waals surface area contributed by atoms with Crippen LogP contribution in [0.5, 0.6) is 5.75 Å². The Kier molecular flexibility index (Phi) is 7.62. The Balaban J connectivity index is 1.84. The number of hydrogen-bond acceptors (Lipinski definition) is 5. The highest BCUT2D eigenvalue weighted by Gasteiger charge is 2.36. The minimum absolute atomic E-state index is 0.218. The number of allylic oxidation sites excluding steroid dienone is 1. The summed E-state index contributed by atoms with van der Waals surface area (Å²) in [6, 6.07) is 17.3. The van der Waals surface area contributed by atoms with E-state index in [0.29, 0.717) is 48.8 Å². The predicted octanol–water partition coefficient (Wildman–Crippen LogP) is 3.97. The summed E-state index contributed by atoms with van der Waals surface area (Å²) in [5.41, 5.74) is 3.04. The van der Waals surface area contributed by atoms with Crippen molar-refractivity contribution in [1.82, 2.24) is 4.90 Å². The molecule has 0 aliphatic carbocycles. The number of rotatable bonds is 9. The van der Waals surface area contributed by atoms with Crippen molar-refractivity contribution in [3.63, 3.8) is 0 Å². The molecule has 162 valence electrons. The van der Waals surface area contributed by atoms with Crippen LogP contribution in [-0.4, -0.2) is 44.1 Å². The maximum absolute atomic E-state index is 13.1. The molecule has 2 aromatic rings. The van der Waals surface area contributed by atoms with Crippen LogP contribution in [0.1, 0.15) is 24.5 Å². The van der Waals surface area contributed by atoms with Gasteiger partial charge in [0.25, 0.3) is 5.91 Å². The first-order chi connectivity index (χ1) is 15.0. The molecular formula is C25H27NO5. The maximum Gasteiger partial charge on any atom is 0.340 e. The van der Waals surface area contributed by atoms with Crippen molar-refractivity contribution in [3.8, 4) is 5.75 Å². The molecule has 1 aliphatic rings. The van der Waals surface area contributed by atoms with Crippen molar-refractivity contribution in [2.24, 2.45) is 0 Å². The minimum Gasteiger partial charge on any atom is -0.489 e. The van der Waals surface area contributed by atoms with Crippen molar-refractivity contribution in [1.29, 1.82) is 0 Å². The van der Waals surface area contributed by atoms with Gasteiger partial charge in [-0.05, 0) is 42.7 Å². The highest BCUT2D eigenvalue weighted by atomic mass is 16.5. The summed E-state index contributed by atoms with van der Waals surface area (Å²) in [6.45, 7) is 3.21. The third-order valence-corrected chi connectivity index (χ3v) is 5.05. The molecule has 0 radical (unpaired) electrons. The summed E-state index contributed by atoms with van der Waals surface area (Å²) >= 11 is 0. The van der Waals surface area contributed by atoms with Crippen LogP contribution in [0.25, 0.3) is 6.08 Å². The standard InChI is InChI=1S/C25H27NO5/c1-18-23(25(28)30-3)22(24(27)26(18)13-8-14-29-2)16-20-11-7-12-21(15-20)31-17-19-9-5-4-6-10-19/h4-7,9-12,15-16H,8,13-14,17H2,1-3H3/b22-16-. The van der Waals surface area contributed by atoms with E-state index in [1.807, 2.05) is 54.6 Å². The van der Waals surface area contributed by atoms with E-state index in [2.05, 4.69) is 0 Å². The smallest absolute Gasteiger partial charge is 0.340 e. The van der Waals surface area contributed by atoms with Crippen LogP contribution >= 0.6 is 0 Å². The number of benzene rings is 2. The van der Waals surface area contributed by atoms with Gasteiger partial charge in [0, 0.05) is 26.0 Å². The average molecular weight is 421 g/mol. The fourth-order valence-corrected chi connectivity index (χ4v) is 3.47. The van der Waals surface area contributed by atoms with Gasteiger partial charge in [0.05, 0.1) is 18.3 Å². The fraction of sp³-hybridized carbons (Fsp3) is 0.280. The fourth-order valence-electron chi connectivity index (χ4n) is 3.47. The predicted molar refractivity (Wildman–Crippen MR) is 118 cm³/mol. The van der Waals surface area contributed by atoms with E-state index in [1.54, 1.807) is 25.0 Å². The van der Waals surface area contributed by atoms with Gasteiger partial charge in [-0.25, -0.2) is 4.79 Å². The van der Waals surface area contributed by atoms with Crippen molar-refractivity contribution < 1.29 is 23.8 Å². The molecule has 0 N–H and O–H groups in total. The molecule has 6 heteroatoms. The Morgan fingerprint density at radius 1 is 1.06 bits per heavy atom. The molecule has 0 saturated carbocycles. The first kappa shape index (κ1) is 22.3. The van der Waals surface area contributed by atoms with Gasteiger partial charge in [0.15, 0.2) is 0 Å². The molecule has 1 heterocycles. The lowest BCUT2D eigenvalue weighted by Gasteiger charge is -2.17. The number of ether oxygens (including phenoxy) is 3. The number of amides is 1. The summed E-state index contributed by atoms with van der Waals surface area (Å²) in [6.07, 6.45) is 2.38. The molecule has 0 aromatic heterocycles. The number of carbonyl (C=O) groups is 2. The molecule has 2 aromatic carbocycles. The SMILES string of the molecule is COCCCN1C(=O)/C(=C\c2cccc(OCc3ccccc3)c2)C(C(=O)OC)=C1C. The van der Waals surface area contributed by atoms with Crippen LogP contribution in [0.4, 0.5) is 0 Å². The van der Waals surface area contributed by atoms with Gasteiger partial charge in [-0.2, -0.15) is 0 Å². The quantitative estimate of drug-likeness (QED) is 0.348. The molecule has 0 fully saturated rings. The first-order valence-electron chi connectivity index (χ1n) is 10.1. The van der Waals surface area contributed by atoms with Gasteiger partial charge < -0.3 is 19.1 Å². The third kappa shape index (κ3) is 5.41. The van der Waals surface area contributed by atoms with Crippen LogP contribution in [0, 0.1) is 0 Å². The molecule has 1 aliphatic heterocycles. The zero-order valence-corrected chi connectivity index (χ0v) is 18.1. The molecule has 0 unspecified atom stereocenters. The lowest BCUT2D eigenvalue weighted by molar-refractivity contribution is -0.136. The molecule has 0 bridgehead atoms. The number of methoxy groups -OCH3 is 2. The Hall–Kier alpha value is -3.38. The first-order valence-corrected chi connectivity index (χ1v) is 10.1. The third-order valence-electron chi connectivity index (χ3n) is 5.05. The van der Waals surface area contributed by atoms with Gasteiger partial charge in [-0.3, -0.25) is 4.79 Å². The van der Waals surface area contributed by atoms with Gasteiger partial charge >= 0.3 is 5.97 Å². The topological polar surface area (TPSA) is 65.1 Å². The molecule has 3 rings (SSSR count). The van der Waals surface area contributed by atoms with Crippen LogP contribution in [0.2, 0.25) is 0 Å². The van der Waals surface area contributed by atoms with Crippen molar-refractivity contribution in [2.75, 3.05) is 27.4 Å². The van der Waals surface area contributed by atoms with Crippen LogP contribution in [-0.2, 0) is 25.7 Å². The van der Waals surface area contributed by atoms with E-state index in [9.17, 15) is 9.59 Å². The lowest BCUT2D eigenvalue weighted by atomic mass is 10.0.